The molecule has 3 nitrogen and oxygen atoms in total. The van der Waals surface area contributed by atoms with Crippen LogP contribution in [0.4, 0.5) is 17.1 Å². The van der Waals surface area contributed by atoms with E-state index in [4.69, 9.17) is 4.98 Å². The Kier molecular flexibility index (Phi) is 6.00. The molecular formula is C41H27N3S. The zero-order valence-corrected chi connectivity index (χ0v) is 25.2. The van der Waals surface area contributed by atoms with E-state index < -0.39 is 0 Å². The summed E-state index contributed by atoms with van der Waals surface area (Å²) in [5, 5.41) is 4.89. The Bertz CT molecular complexity index is 2420. The average Bonchev–Trinajstić information content (AvgIpc) is 3.72. The highest BCUT2D eigenvalue weighted by atomic mass is 32.1. The molecule has 7 aromatic carbocycles. The third kappa shape index (κ3) is 4.15. The van der Waals surface area contributed by atoms with Gasteiger partial charge in [-0.1, -0.05) is 97.1 Å². The highest BCUT2D eigenvalue weighted by Crippen LogP contribution is 2.44. The van der Waals surface area contributed by atoms with E-state index in [0.717, 1.165) is 28.3 Å². The smallest absolute Gasteiger partial charge is 0.0912 e. The van der Waals surface area contributed by atoms with Crippen LogP contribution in [0.5, 0.6) is 0 Å². The van der Waals surface area contributed by atoms with Gasteiger partial charge in [-0.2, -0.15) is 0 Å². The van der Waals surface area contributed by atoms with Crippen molar-refractivity contribution in [2.75, 3.05) is 4.90 Å². The van der Waals surface area contributed by atoms with E-state index in [1.165, 1.54) is 48.4 Å². The zero-order valence-electron chi connectivity index (χ0n) is 24.3. The van der Waals surface area contributed by atoms with E-state index in [0.29, 0.717) is 0 Å². The second-order valence-electron chi connectivity index (χ2n) is 11.2. The van der Waals surface area contributed by atoms with Gasteiger partial charge in [-0.3, -0.25) is 0 Å². The van der Waals surface area contributed by atoms with E-state index in [-0.39, 0.29) is 0 Å². The van der Waals surface area contributed by atoms with Crippen molar-refractivity contribution in [3.8, 4) is 16.8 Å². The lowest BCUT2D eigenvalue weighted by atomic mass is 9.95. The molecule has 2 aromatic heterocycles. The van der Waals surface area contributed by atoms with Crippen molar-refractivity contribution in [3.05, 3.63) is 163 Å². The molecule has 0 atom stereocenters. The predicted octanol–water partition coefficient (Wildman–Crippen LogP) is 11.7. The maximum atomic E-state index is 4.94. The molecule has 9 aromatic rings. The molecule has 0 spiro atoms. The van der Waals surface area contributed by atoms with Crippen LogP contribution in [-0.4, -0.2) is 9.55 Å². The standard InChI is InChI=1S/C41H27N3S/c1-4-12-29(13-5-1)43(30-14-6-2-7-15-30)32-22-20-28(21-23-32)36-26-38-40(42-27-45-38)39-34(36)24-25-35-33-18-10-11-19-37(33)44(41(35)39)31-16-8-3-9-17-31/h1-27H. The van der Waals surface area contributed by atoms with Crippen LogP contribution in [-0.2, 0) is 0 Å². The minimum absolute atomic E-state index is 1.06. The number of hydrogen-bond donors (Lipinski definition) is 0. The summed E-state index contributed by atoms with van der Waals surface area (Å²) in [5.74, 6) is 0. The van der Waals surface area contributed by atoms with Gasteiger partial charge in [0.15, 0.2) is 0 Å². The molecule has 45 heavy (non-hydrogen) atoms. The van der Waals surface area contributed by atoms with Crippen molar-refractivity contribution in [2.24, 2.45) is 0 Å². The van der Waals surface area contributed by atoms with Crippen LogP contribution in [0, 0.1) is 0 Å². The van der Waals surface area contributed by atoms with Crippen LogP contribution in [0.25, 0.3) is 59.6 Å². The molecule has 0 amide bonds. The van der Waals surface area contributed by atoms with E-state index in [9.17, 15) is 0 Å². The highest BCUT2D eigenvalue weighted by Gasteiger charge is 2.20. The Morgan fingerprint density at radius 1 is 0.533 bits per heavy atom. The molecule has 0 saturated carbocycles. The molecule has 9 rings (SSSR count). The molecule has 2 heterocycles. The number of hydrogen-bond acceptors (Lipinski definition) is 3. The van der Waals surface area contributed by atoms with Gasteiger partial charge in [0.25, 0.3) is 0 Å². The van der Waals surface area contributed by atoms with E-state index >= 15 is 0 Å². The first-order valence-electron chi connectivity index (χ1n) is 15.1. The van der Waals surface area contributed by atoms with Crippen molar-refractivity contribution in [1.29, 1.82) is 0 Å². The zero-order chi connectivity index (χ0) is 29.7. The molecule has 0 saturated heterocycles. The number of aromatic nitrogens is 2. The van der Waals surface area contributed by atoms with Crippen LogP contribution in [0.2, 0.25) is 0 Å². The topological polar surface area (TPSA) is 21.1 Å². The van der Waals surface area contributed by atoms with E-state index in [1.807, 2.05) is 5.51 Å². The van der Waals surface area contributed by atoms with Crippen LogP contribution in [0.15, 0.2) is 163 Å². The van der Waals surface area contributed by atoms with Crippen molar-refractivity contribution >= 4 is 71.2 Å². The molecule has 0 bridgehead atoms. The maximum Gasteiger partial charge on any atom is 0.0912 e. The molecule has 4 heteroatoms. The van der Waals surface area contributed by atoms with E-state index in [1.54, 1.807) is 11.3 Å². The van der Waals surface area contributed by atoms with Crippen molar-refractivity contribution in [3.63, 3.8) is 0 Å². The molecule has 212 valence electrons. The average molecular weight is 594 g/mol. The fourth-order valence-electron chi connectivity index (χ4n) is 6.75. The normalized spacial score (nSPS) is 11.6. The van der Waals surface area contributed by atoms with Gasteiger partial charge in [-0.15, -0.1) is 11.3 Å². The SMILES string of the molecule is c1ccc(N(c2ccccc2)c2ccc(-c3cc4scnc4c4c3ccc3c5ccccc5n(-c5ccccc5)c34)cc2)cc1. The van der Waals surface area contributed by atoms with Gasteiger partial charge in [0.2, 0.25) is 0 Å². The summed E-state index contributed by atoms with van der Waals surface area (Å²) in [6.45, 7) is 0. The predicted molar refractivity (Wildman–Crippen MR) is 192 cm³/mol. The number of fused-ring (bicyclic) bond motifs is 7. The first-order valence-corrected chi connectivity index (χ1v) is 16.0. The monoisotopic (exact) mass is 593 g/mol. The number of nitrogens with zero attached hydrogens (tertiary/aromatic N) is 3. The van der Waals surface area contributed by atoms with Crippen LogP contribution in [0.3, 0.4) is 0 Å². The maximum absolute atomic E-state index is 4.94. The Hall–Kier alpha value is -5.71. The van der Waals surface area contributed by atoms with Gasteiger partial charge >= 0.3 is 0 Å². The minimum Gasteiger partial charge on any atom is -0.311 e. The second-order valence-corrected chi connectivity index (χ2v) is 12.1. The summed E-state index contributed by atoms with van der Waals surface area (Å²) >= 11 is 1.70. The lowest BCUT2D eigenvalue weighted by molar-refractivity contribution is 1.19. The van der Waals surface area contributed by atoms with Gasteiger partial charge in [0, 0.05) is 38.9 Å². The first-order chi connectivity index (χ1) is 22.3. The van der Waals surface area contributed by atoms with Crippen LogP contribution >= 0.6 is 11.3 Å². The quantitative estimate of drug-likeness (QED) is 0.198. The lowest BCUT2D eigenvalue weighted by Gasteiger charge is -2.25. The summed E-state index contributed by atoms with van der Waals surface area (Å²) in [6, 6.07) is 56.4. The van der Waals surface area contributed by atoms with Gasteiger partial charge < -0.3 is 9.47 Å². The summed E-state index contributed by atoms with van der Waals surface area (Å²) in [6.07, 6.45) is 0. The van der Waals surface area contributed by atoms with Gasteiger partial charge in [0.1, 0.15) is 0 Å². The van der Waals surface area contributed by atoms with Gasteiger partial charge in [-0.25, -0.2) is 4.98 Å². The largest absolute Gasteiger partial charge is 0.311 e. The van der Waals surface area contributed by atoms with Crippen molar-refractivity contribution < 1.29 is 0 Å². The number of rotatable bonds is 5. The Morgan fingerprint density at radius 2 is 1.13 bits per heavy atom. The Morgan fingerprint density at radius 3 is 1.84 bits per heavy atom. The molecule has 0 aliphatic rings. The molecule has 0 unspecified atom stereocenters. The highest BCUT2D eigenvalue weighted by molar-refractivity contribution is 7.17. The lowest BCUT2D eigenvalue weighted by Crippen LogP contribution is -2.09. The molecule has 0 aliphatic carbocycles. The van der Waals surface area contributed by atoms with Crippen LogP contribution < -0.4 is 4.90 Å². The third-order valence-electron chi connectivity index (χ3n) is 8.71. The summed E-state index contributed by atoms with van der Waals surface area (Å²) in [5.41, 5.74) is 12.4. The van der Waals surface area contributed by atoms with Gasteiger partial charge in [-0.05, 0) is 77.2 Å². The first kappa shape index (κ1) is 25.8. The summed E-state index contributed by atoms with van der Waals surface area (Å²) < 4.78 is 3.60. The number of para-hydroxylation sites is 4. The molecule has 0 fully saturated rings. The third-order valence-corrected chi connectivity index (χ3v) is 9.49. The van der Waals surface area contributed by atoms with Gasteiger partial charge in [0.05, 0.1) is 26.8 Å². The molecule has 0 aliphatic heterocycles. The fraction of sp³-hybridized carbons (Fsp3) is 0. The second kappa shape index (κ2) is 10.5. The van der Waals surface area contributed by atoms with E-state index in [2.05, 4.69) is 167 Å². The Balaban J connectivity index is 1.29. The molecule has 0 N–H and O–H groups in total. The minimum atomic E-state index is 1.06. The number of benzene rings is 7. The van der Waals surface area contributed by atoms with Crippen molar-refractivity contribution in [1.82, 2.24) is 9.55 Å². The molecular weight excluding hydrogens is 567 g/mol. The fourth-order valence-corrected chi connectivity index (χ4v) is 7.48. The summed E-state index contributed by atoms with van der Waals surface area (Å²) in [7, 11) is 0. The van der Waals surface area contributed by atoms with Crippen LogP contribution in [0.1, 0.15) is 0 Å². The van der Waals surface area contributed by atoms with Crippen molar-refractivity contribution in [2.45, 2.75) is 0 Å². The number of thiazole rings is 1. The molecule has 0 radical (unpaired) electrons. The number of anilines is 3. The summed E-state index contributed by atoms with van der Waals surface area (Å²) in [4.78, 5) is 7.24. The Labute approximate surface area is 264 Å².